The van der Waals surface area contributed by atoms with Gasteiger partial charge in [-0.3, -0.25) is 0 Å². The first-order valence-corrected chi connectivity index (χ1v) is 5.55. The molecule has 0 amide bonds. The Balaban J connectivity index is 1.99. The molecule has 0 spiro atoms. The Morgan fingerprint density at radius 1 is 1.40 bits per heavy atom. The summed E-state index contributed by atoms with van der Waals surface area (Å²) in [5.74, 6) is -0.0597. The molecule has 0 saturated carbocycles. The fourth-order valence-electron chi connectivity index (χ4n) is 2.85. The lowest BCUT2D eigenvalue weighted by molar-refractivity contribution is 0.423. The third-order valence-corrected chi connectivity index (χ3v) is 3.60. The molecule has 2 atom stereocenters. The molecule has 2 N–H and O–H groups in total. The van der Waals surface area contributed by atoms with Gasteiger partial charge in [0.15, 0.2) is 0 Å². The van der Waals surface area contributed by atoms with Crippen molar-refractivity contribution in [2.75, 3.05) is 11.4 Å². The number of hydrogen-bond acceptors (Lipinski definition) is 2. The Bertz CT molecular complexity index is 391. The Morgan fingerprint density at radius 3 is 3.13 bits per heavy atom. The maximum absolute atomic E-state index is 13.6. The number of halogens is 1. The van der Waals surface area contributed by atoms with Gasteiger partial charge < -0.3 is 10.6 Å². The molecule has 0 aromatic heterocycles. The molecule has 2 unspecified atom stereocenters. The lowest BCUT2D eigenvalue weighted by atomic mass is 9.97. The van der Waals surface area contributed by atoms with Gasteiger partial charge in [-0.25, -0.2) is 4.39 Å². The predicted molar refractivity (Wildman–Crippen MR) is 58.4 cm³/mol. The predicted octanol–water partition coefficient (Wildman–Crippen LogP) is 1.68. The van der Waals surface area contributed by atoms with Crippen LogP contribution in [0.25, 0.3) is 0 Å². The average Bonchev–Trinajstić information content (AvgIpc) is 2.57. The molecule has 2 aliphatic heterocycles. The molecular formula is C12H15FN2. The van der Waals surface area contributed by atoms with Crippen molar-refractivity contribution in [1.29, 1.82) is 0 Å². The van der Waals surface area contributed by atoms with Gasteiger partial charge in [0.1, 0.15) is 5.82 Å². The third kappa shape index (κ3) is 1.34. The summed E-state index contributed by atoms with van der Waals surface area (Å²) in [6, 6.07) is 6.10. The van der Waals surface area contributed by atoms with E-state index in [4.69, 9.17) is 5.73 Å². The van der Waals surface area contributed by atoms with E-state index in [0.29, 0.717) is 12.1 Å². The van der Waals surface area contributed by atoms with Gasteiger partial charge in [-0.1, -0.05) is 6.07 Å². The van der Waals surface area contributed by atoms with Gasteiger partial charge in [0.25, 0.3) is 0 Å². The number of nitrogens with two attached hydrogens (primary N) is 1. The maximum Gasteiger partial charge on any atom is 0.128 e. The van der Waals surface area contributed by atoms with Crippen molar-refractivity contribution in [1.82, 2.24) is 0 Å². The van der Waals surface area contributed by atoms with Crippen molar-refractivity contribution in [2.45, 2.75) is 31.3 Å². The highest BCUT2D eigenvalue weighted by molar-refractivity contribution is 5.60. The van der Waals surface area contributed by atoms with Crippen LogP contribution in [0.15, 0.2) is 18.2 Å². The Morgan fingerprint density at radius 2 is 2.27 bits per heavy atom. The number of fused-ring (bicyclic) bond motifs is 3. The molecular weight excluding hydrogens is 191 g/mol. The van der Waals surface area contributed by atoms with E-state index in [-0.39, 0.29) is 5.82 Å². The first kappa shape index (κ1) is 9.16. The van der Waals surface area contributed by atoms with Crippen LogP contribution in [0.4, 0.5) is 10.1 Å². The molecule has 0 aliphatic carbocycles. The van der Waals surface area contributed by atoms with Crippen LogP contribution in [-0.4, -0.2) is 18.6 Å². The van der Waals surface area contributed by atoms with Gasteiger partial charge in [-0.05, 0) is 31.4 Å². The first-order valence-electron chi connectivity index (χ1n) is 5.55. The minimum Gasteiger partial charge on any atom is -0.368 e. The smallest absolute Gasteiger partial charge is 0.128 e. The second-order valence-electron chi connectivity index (χ2n) is 4.57. The summed E-state index contributed by atoms with van der Waals surface area (Å²) >= 11 is 0. The van der Waals surface area contributed by atoms with E-state index < -0.39 is 0 Å². The SMILES string of the molecule is NC1CCN2c3cccc(F)c3CC2C1. The molecule has 0 radical (unpaired) electrons. The van der Waals surface area contributed by atoms with Crippen molar-refractivity contribution in [3.8, 4) is 0 Å². The van der Waals surface area contributed by atoms with Crippen molar-refractivity contribution >= 4 is 5.69 Å². The lowest BCUT2D eigenvalue weighted by Crippen LogP contribution is -2.45. The molecule has 0 bridgehead atoms. The van der Waals surface area contributed by atoms with Crippen molar-refractivity contribution < 1.29 is 4.39 Å². The highest BCUT2D eigenvalue weighted by atomic mass is 19.1. The first-order chi connectivity index (χ1) is 7.25. The third-order valence-electron chi connectivity index (χ3n) is 3.60. The van der Waals surface area contributed by atoms with Crippen LogP contribution in [0.2, 0.25) is 0 Å². The largest absolute Gasteiger partial charge is 0.368 e. The van der Waals surface area contributed by atoms with E-state index in [1.807, 2.05) is 6.07 Å². The maximum atomic E-state index is 13.6. The van der Waals surface area contributed by atoms with E-state index >= 15 is 0 Å². The van der Waals surface area contributed by atoms with Gasteiger partial charge in [0.2, 0.25) is 0 Å². The highest BCUT2D eigenvalue weighted by Gasteiger charge is 2.34. The summed E-state index contributed by atoms with van der Waals surface area (Å²) in [4.78, 5) is 2.32. The molecule has 3 heteroatoms. The quantitative estimate of drug-likeness (QED) is 0.699. The molecule has 3 rings (SSSR count). The zero-order valence-electron chi connectivity index (χ0n) is 8.62. The van der Waals surface area contributed by atoms with E-state index in [1.54, 1.807) is 12.1 Å². The van der Waals surface area contributed by atoms with E-state index in [9.17, 15) is 4.39 Å². The summed E-state index contributed by atoms with van der Waals surface area (Å²) in [6.07, 6.45) is 2.84. The van der Waals surface area contributed by atoms with E-state index in [1.165, 1.54) is 0 Å². The van der Waals surface area contributed by atoms with Crippen molar-refractivity contribution in [3.63, 3.8) is 0 Å². The highest BCUT2D eigenvalue weighted by Crippen LogP contribution is 2.37. The summed E-state index contributed by atoms with van der Waals surface area (Å²) in [5.41, 5.74) is 7.92. The molecule has 2 nitrogen and oxygen atoms in total. The Kier molecular flexibility index (Phi) is 1.96. The normalized spacial score (nSPS) is 28.8. The molecule has 2 aliphatic rings. The monoisotopic (exact) mass is 206 g/mol. The summed E-state index contributed by atoms with van der Waals surface area (Å²) in [7, 11) is 0. The van der Waals surface area contributed by atoms with E-state index in [2.05, 4.69) is 4.90 Å². The average molecular weight is 206 g/mol. The van der Waals surface area contributed by atoms with Crippen LogP contribution in [0.5, 0.6) is 0 Å². The van der Waals surface area contributed by atoms with Crippen molar-refractivity contribution in [3.05, 3.63) is 29.6 Å². The fourth-order valence-corrected chi connectivity index (χ4v) is 2.85. The lowest BCUT2D eigenvalue weighted by Gasteiger charge is -2.35. The van der Waals surface area contributed by atoms with Crippen LogP contribution < -0.4 is 10.6 Å². The standard InChI is InChI=1S/C12H15FN2/c13-11-2-1-3-12-10(11)7-9-6-8(14)4-5-15(9)12/h1-3,8-9H,4-7,14H2. The van der Waals surface area contributed by atoms with Crippen LogP contribution in [0, 0.1) is 5.82 Å². The minimum atomic E-state index is -0.0597. The molecule has 2 heterocycles. The van der Waals surface area contributed by atoms with Crippen LogP contribution in [-0.2, 0) is 6.42 Å². The molecule has 15 heavy (non-hydrogen) atoms. The number of hydrogen-bond donors (Lipinski definition) is 1. The van der Waals surface area contributed by atoms with Gasteiger partial charge in [-0.2, -0.15) is 0 Å². The van der Waals surface area contributed by atoms with Gasteiger partial charge in [0.05, 0.1) is 0 Å². The summed E-state index contributed by atoms with van der Waals surface area (Å²) in [5, 5.41) is 0. The Labute approximate surface area is 88.9 Å². The summed E-state index contributed by atoms with van der Waals surface area (Å²) < 4.78 is 13.6. The number of rotatable bonds is 0. The molecule has 80 valence electrons. The second kappa shape index (κ2) is 3.20. The molecule has 1 fully saturated rings. The van der Waals surface area contributed by atoms with Crippen LogP contribution in [0.3, 0.4) is 0 Å². The van der Waals surface area contributed by atoms with Gasteiger partial charge >= 0.3 is 0 Å². The van der Waals surface area contributed by atoms with Crippen molar-refractivity contribution in [2.24, 2.45) is 5.73 Å². The summed E-state index contributed by atoms with van der Waals surface area (Å²) in [6.45, 7) is 0.974. The topological polar surface area (TPSA) is 29.3 Å². The Hall–Kier alpha value is -1.09. The number of benzene rings is 1. The second-order valence-corrected chi connectivity index (χ2v) is 4.57. The zero-order chi connectivity index (χ0) is 10.4. The molecule has 1 aromatic rings. The molecule has 1 saturated heterocycles. The fraction of sp³-hybridized carbons (Fsp3) is 0.500. The molecule has 1 aromatic carbocycles. The van der Waals surface area contributed by atoms with E-state index in [0.717, 1.165) is 37.1 Å². The number of piperidine rings is 1. The minimum absolute atomic E-state index is 0.0597. The van der Waals surface area contributed by atoms with Crippen LogP contribution >= 0.6 is 0 Å². The number of nitrogens with zero attached hydrogens (tertiary/aromatic N) is 1. The zero-order valence-corrected chi connectivity index (χ0v) is 8.62. The van der Waals surface area contributed by atoms with Gasteiger partial charge in [0, 0.05) is 29.9 Å². The number of anilines is 1. The van der Waals surface area contributed by atoms with Crippen LogP contribution in [0.1, 0.15) is 18.4 Å². The van der Waals surface area contributed by atoms with Gasteiger partial charge in [-0.15, -0.1) is 0 Å².